The fourth-order valence-electron chi connectivity index (χ4n) is 2.52. The second-order valence-electron chi connectivity index (χ2n) is 6.03. The van der Waals surface area contributed by atoms with Gasteiger partial charge in [0.25, 0.3) is 5.91 Å². The van der Waals surface area contributed by atoms with Crippen molar-refractivity contribution in [2.45, 2.75) is 19.8 Å². The molecule has 2 aromatic carbocycles. The van der Waals surface area contributed by atoms with Crippen molar-refractivity contribution in [1.82, 2.24) is 20.3 Å². The van der Waals surface area contributed by atoms with E-state index < -0.39 is 0 Å². The van der Waals surface area contributed by atoms with E-state index in [-0.39, 0.29) is 5.91 Å². The van der Waals surface area contributed by atoms with Crippen LogP contribution in [0.4, 0.5) is 0 Å². The Hall–Kier alpha value is -2.86. The van der Waals surface area contributed by atoms with E-state index in [1.54, 1.807) is 19.1 Å². The first-order chi connectivity index (χ1) is 13.1. The van der Waals surface area contributed by atoms with E-state index in [9.17, 15) is 4.79 Å². The Labute approximate surface area is 163 Å². The summed E-state index contributed by atoms with van der Waals surface area (Å²) in [6.07, 6.45) is 1.67. The van der Waals surface area contributed by atoms with Crippen molar-refractivity contribution in [1.29, 1.82) is 0 Å². The van der Waals surface area contributed by atoms with Gasteiger partial charge in [0.05, 0.1) is 18.0 Å². The molecule has 0 atom stereocenters. The van der Waals surface area contributed by atoms with Crippen LogP contribution in [0, 0.1) is 6.92 Å². The predicted molar refractivity (Wildman–Crippen MR) is 105 cm³/mol. The second-order valence-corrected chi connectivity index (χ2v) is 6.46. The number of para-hydroxylation sites is 1. The number of carbonyl (C=O) groups excluding carboxylic acids is 1. The average Bonchev–Trinajstić information content (AvgIpc) is 3.07. The maximum Gasteiger partial charge on any atom is 0.273 e. The number of hydrogen-bond donors (Lipinski definition) is 1. The van der Waals surface area contributed by atoms with Crippen molar-refractivity contribution >= 4 is 17.5 Å². The molecule has 0 aliphatic carbocycles. The molecule has 140 valence electrons. The second kappa shape index (κ2) is 9.19. The van der Waals surface area contributed by atoms with Gasteiger partial charge in [0.15, 0.2) is 5.69 Å². The van der Waals surface area contributed by atoms with Crippen molar-refractivity contribution in [3.05, 3.63) is 71.0 Å². The first-order valence-corrected chi connectivity index (χ1v) is 9.17. The van der Waals surface area contributed by atoms with Gasteiger partial charge in [0.2, 0.25) is 0 Å². The maximum absolute atomic E-state index is 12.3. The van der Waals surface area contributed by atoms with Gasteiger partial charge in [-0.2, -0.15) is 9.90 Å². The van der Waals surface area contributed by atoms with Crippen LogP contribution in [0.5, 0.6) is 5.75 Å². The fourth-order valence-corrected chi connectivity index (χ4v) is 2.71. The molecule has 0 aliphatic rings. The Morgan fingerprint density at radius 2 is 1.93 bits per heavy atom. The van der Waals surface area contributed by atoms with Crippen LogP contribution in [0.3, 0.4) is 0 Å². The summed E-state index contributed by atoms with van der Waals surface area (Å²) in [6.45, 7) is 2.93. The zero-order valence-electron chi connectivity index (χ0n) is 15.1. The van der Waals surface area contributed by atoms with Gasteiger partial charge in [-0.05, 0) is 50.1 Å². The van der Waals surface area contributed by atoms with Crippen LogP contribution in [0.2, 0.25) is 5.02 Å². The third-order valence-corrected chi connectivity index (χ3v) is 4.14. The molecule has 1 N–H and O–H groups in total. The molecule has 6 nitrogen and oxygen atoms in total. The normalized spacial score (nSPS) is 10.6. The molecule has 0 aliphatic heterocycles. The van der Waals surface area contributed by atoms with E-state index in [1.807, 2.05) is 42.5 Å². The van der Waals surface area contributed by atoms with Crippen molar-refractivity contribution in [3.8, 4) is 11.4 Å². The zero-order chi connectivity index (χ0) is 19.1. The molecular formula is C20H21ClN4O2. The van der Waals surface area contributed by atoms with Crippen molar-refractivity contribution in [3.63, 3.8) is 0 Å². The predicted octanol–water partition coefficient (Wildman–Crippen LogP) is 3.82. The van der Waals surface area contributed by atoms with Gasteiger partial charge in [-0.25, -0.2) is 0 Å². The van der Waals surface area contributed by atoms with Gasteiger partial charge in [-0.3, -0.25) is 4.79 Å². The number of aromatic nitrogens is 3. The van der Waals surface area contributed by atoms with E-state index in [0.29, 0.717) is 35.2 Å². The van der Waals surface area contributed by atoms with Crippen LogP contribution in [-0.2, 0) is 0 Å². The Morgan fingerprint density at radius 1 is 1.11 bits per heavy atom. The number of benzene rings is 2. The molecule has 0 unspecified atom stereocenters. The van der Waals surface area contributed by atoms with Crippen molar-refractivity contribution < 1.29 is 9.53 Å². The van der Waals surface area contributed by atoms with Gasteiger partial charge >= 0.3 is 0 Å². The number of hydrogen-bond acceptors (Lipinski definition) is 4. The standard InChI is InChI=1S/C20H21ClN4O2/c1-15-19(24-25(23-15)17-9-7-8-16(21)14-17)20(26)22-12-5-6-13-27-18-10-3-2-4-11-18/h2-4,7-11,14H,5-6,12-13H2,1H3,(H,22,26). The molecule has 1 heterocycles. The highest BCUT2D eigenvalue weighted by Gasteiger charge is 2.16. The summed E-state index contributed by atoms with van der Waals surface area (Å²) >= 11 is 5.99. The molecule has 1 amide bonds. The van der Waals surface area contributed by atoms with Crippen LogP contribution < -0.4 is 10.1 Å². The number of aryl methyl sites for hydroxylation is 1. The summed E-state index contributed by atoms with van der Waals surface area (Å²) < 4.78 is 5.63. The Morgan fingerprint density at radius 3 is 2.70 bits per heavy atom. The molecule has 7 heteroatoms. The topological polar surface area (TPSA) is 69.0 Å². The lowest BCUT2D eigenvalue weighted by Gasteiger charge is -2.06. The third-order valence-electron chi connectivity index (χ3n) is 3.90. The number of unbranched alkanes of at least 4 members (excludes halogenated alkanes) is 1. The number of nitrogens with zero attached hydrogens (tertiary/aromatic N) is 3. The van der Waals surface area contributed by atoms with E-state index >= 15 is 0 Å². The lowest BCUT2D eigenvalue weighted by atomic mass is 10.3. The monoisotopic (exact) mass is 384 g/mol. The first kappa shape index (κ1) is 18.9. The average molecular weight is 385 g/mol. The lowest BCUT2D eigenvalue weighted by molar-refractivity contribution is 0.0946. The minimum Gasteiger partial charge on any atom is -0.494 e. The smallest absolute Gasteiger partial charge is 0.273 e. The largest absolute Gasteiger partial charge is 0.494 e. The highest BCUT2D eigenvalue weighted by molar-refractivity contribution is 6.30. The van der Waals surface area contributed by atoms with Crippen LogP contribution in [0.15, 0.2) is 54.6 Å². The molecule has 0 radical (unpaired) electrons. The van der Waals surface area contributed by atoms with E-state index in [4.69, 9.17) is 16.3 Å². The number of nitrogens with one attached hydrogen (secondary N) is 1. The summed E-state index contributed by atoms with van der Waals surface area (Å²) in [5.41, 5.74) is 1.60. The first-order valence-electron chi connectivity index (χ1n) is 8.79. The maximum atomic E-state index is 12.3. The lowest BCUT2D eigenvalue weighted by Crippen LogP contribution is -2.26. The van der Waals surface area contributed by atoms with E-state index in [0.717, 1.165) is 18.6 Å². The SMILES string of the molecule is Cc1nn(-c2cccc(Cl)c2)nc1C(=O)NCCCCOc1ccccc1. The zero-order valence-corrected chi connectivity index (χ0v) is 15.8. The molecule has 0 saturated carbocycles. The molecule has 3 rings (SSSR count). The Kier molecular flexibility index (Phi) is 6.44. The summed E-state index contributed by atoms with van der Waals surface area (Å²) in [6, 6.07) is 16.8. The number of carbonyl (C=O) groups is 1. The summed E-state index contributed by atoms with van der Waals surface area (Å²) in [4.78, 5) is 13.8. The van der Waals surface area contributed by atoms with E-state index in [2.05, 4.69) is 15.5 Å². The van der Waals surface area contributed by atoms with Gasteiger partial charge in [0.1, 0.15) is 5.75 Å². The van der Waals surface area contributed by atoms with Gasteiger partial charge in [0, 0.05) is 11.6 Å². The molecule has 1 aromatic heterocycles. The van der Waals surface area contributed by atoms with Crippen LogP contribution in [-0.4, -0.2) is 34.1 Å². The van der Waals surface area contributed by atoms with Crippen molar-refractivity contribution in [2.75, 3.05) is 13.2 Å². The summed E-state index contributed by atoms with van der Waals surface area (Å²) in [7, 11) is 0. The Balaban J connectivity index is 1.46. The minimum atomic E-state index is -0.232. The number of ether oxygens (including phenoxy) is 1. The molecule has 3 aromatic rings. The molecular weight excluding hydrogens is 364 g/mol. The summed E-state index contributed by atoms with van der Waals surface area (Å²) in [5.74, 6) is 0.625. The Bertz CT molecular complexity index is 896. The van der Waals surface area contributed by atoms with Crippen LogP contribution in [0.25, 0.3) is 5.69 Å². The van der Waals surface area contributed by atoms with Crippen molar-refractivity contribution in [2.24, 2.45) is 0 Å². The third kappa shape index (κ3) is 5.31. The number of rotatable bonds is 8. The molecule has 0 fully saturated rings. The van der Waals surface area contributed by atoms with Crippen LogP contribution >= 0.6 is 11.6 Å². The quantitative estimate of drug-likeness (QED) is 0.599. The molecule has 0 bridgehead atoms. The van der Waals surface area contributed by atoms with E-state index in [1.165, 1.54) is 4.80 Å². The highest BCUT2D eigenvalue weighted by Crippen LogP contribution is 2.14. The fraction of sp³-hybridized carbons (Fsp3) is 0.250. The van der Waals surface area contributed by atoms with Gasteiger partial charge in [-0.15, -0.1) is 5.10 Å². The molecule has 0 saturated heterocycles. The number of amides is 1. The number of halogens is 1. The molecule has 0 spiro atoms. The van der Waals surface area contributed by atoms with Gasteiger partial charge in [-0.1, -0.05) is 35.9 Å². The highest BCUT2D eigenvalue weighted by atomic mass is 35.5. The minimum absolute atomic E-state index is 0.232. The van der Waals surface area contributed by atoms with Gasteiger partial charge < -0.3 is 10.1 Å². The molecule has 27 heavy (non-hydrogen) atoms. The van der Waals surface area contributed by atoms with Crippen LogP contribution in [0.1, 0.15) is 29.0 Å². The summed E-state index contributed by atoms with van der Waals surface area (Å²) in [5, 5.41) is 12.1.